The molecule has 21 heavy (non-hydrogen) atoms. The van der Waals surface area contributed by atoms with Gasteiger partial charge >= 0.3 is 0 Å². The van der Waals surface area contributed by atoms with Crippen molar-refractivity contribution in [1.82, 2.24) is 5.16 Å². The van der Waals surface area contributed by atoms with E-state index < -0.39 is 0 Å². The topological polar surface area (TPSA) is 26.0 Å². The van der Waals surface area contributed by atoms with Gasteiger partial charge in [0.15, 0.2) is 5.76 Å². The second kappa shape index (κ2) is 5.88. The summed E-state index contributed by atoms with van der Waals surface area (Å²) in [6.07, 6.45) is 0. The highest BCUT2D eigenvalue weighted by molar-refractivity contribution is 14.1. The zero-order chi connectivity index (χ0) is 15.0. The predicted octanol–water partition coefficient (Wildman–Crippen LogP) is 5.82. The molecule has 3 aromatic rings. The summed E-state index contributed by atoms with van der Waals surface area (Å²) in [6.45, 7) is 1.82. The van der Waals surface area contributed by atoms with Crippen LogP contribution >= 0.6 is 38.5 Å². The molecular formula is C16H10BrFINO. The third-order valence-corrected chi connectivity index (χ3v) is 4.37. The molecule has 5 heteroatoms. The van der Waals surface area contributed by atoms with E-state index in [0.29, 0.717) is 22.6 Å². The fraction of sp³-hybridized carbons (Fsp3) is 0.0625. The summed E-state index contributed by atoms with van der Waals surface area (Å²) >= 11 is 5.49. The first-order valence-electron chi connectivity index (χ1n) is 6.24. The average Bonchev–Trinajstić information content (AvgIpc) is 2.82. The van der Waals surface area contributed by atoms with Gasteiger partial charge in [0.2, 0.25) is 0 Å². The molecule has 0 aliphatic heterocycles. The quantitative estimate of drug-likeness (QED) is 0.453. The Morgan fingerprint density at radius 1 is 1.14 bits per heavy atom. The number of aryl methyl sites for hydroxylation is 1. The average molecular weight is 458 g/mol. The van der Waals surface area contributed by atoms with Crippen LogP contribution in [0.1, 0.15) is 5.69 Å². The number of rotatable bonds is 2. The highest BCUT2D eigenvalue weighted by atomic mass is 127. The summed E-state index contributed by atoms with van der Waals surface area (Å²) in [5.41, 5.74) is 2.75. The first-order chi connectivity index (χ1) is 10.1. The lowest BCUT2D eigenvalue weighted by molar-refractivity contribution is 0.427. The van der Waals surface area contributed by atoms with Gasteiger partial charge in [-0.3, -0.25) is 0 Å². The molecule has 0 atom stereocenters. The summed E-state index contributed by atoms with van der Waals surface area (Å²) in [6, 6.07) is 12.8. The third-order valence-electron chi connectivity index (χ3n) is 3.17. The van der Waals surface area contributed by atoms with Crippen molar-refractivity contribution in [2.45, 2.75) is 6.92 Å². The Hall–Kier alpha value is -1.21. The second-order valence-electron chi connectivity index (χ2n) is 4.60. The van der Waals surface area contributed by atoms with Crippen LogP contribution in [0.3, 0.4) is 0 Å². The monoisotopic (exact) mass is 457 g/mol. The Kier molecular flexibility index (Phi) is 4.12. The van der Waals surface area contributed by atoms with Crippen LogP contribution in [0.2, 0.25) is 0 Å². The summed E-state index contributed by atoms with van der Waals surface area (Å²) < 4.78 is 21.5. The minimum Gasteiger partial charge on any atom is -0.355 e. The largest absolute Gasteiger partial charge is 0.355 e. The maximum atomic E-state index is 14.3. The molecule has 0 spiro atoms. The third kappa shape index (κ3) is 2.89. The number of aromatic nitrogens is 1. The zero-order valence-corrected chi connectivity index (χ0v) is 14.8. The van der Waals surface area contributed by atoms with Gasteiger partial charge in [-0.2, -0.15) is 0 Å². The number of hydrogen-bond donors (Lipinski definition) is 0. The summed E-state index contributed by atoms with van der Waals surface area (Å²) in [5.74, 6) is 0.312. The molecule has 0 aliphatic carbocycles. The van der Waals surface area contributed by atoms with E-state index in [-0.39, 0.29) is 5.82 Å². The molecule has 106 valence electrons. The molecule has 0 fully saturated rings. The Bertz CT molecular complexity index is 799. The van der Waals surface area contributed by atoms with Crippen molar-refractivity contribution in [3.8, 4) is 22.5 Å². The summed E-state index contributed by atoms with van der Waals surface area (Å²) in [4.78, 5) is 0. The molecule has 3 rings (SSSR count). The smallest absolute Gasteiger partial charge is 0.175 e. The van der Waals surface area contributed by atoms with E-state index in [0.717, 1.165) is 13.6 Å². The van der Waals surface area contributed by atoms with Crippen molar-refractivity contribution in [2.24, 2.45) is 0 Å². The molecule has 0 saturated carbocycles. The van der Waals surface area contributed by atoms with Crippen LogP contribution in [0, 0.1) is 16.3 Å². The van der Waals surface area contributed by atoms with Gasteiger partial charge in [-0.1, -0.05) is 27.2 Å². The SMILES string of the molecule is Cc1noc(-c2ccc(Br)cc2)c1-c1ccc(I)cc1F. The van der Waals surface area contributed by atoms with Gasteiger partial charge in [0.05, 0.1) is 11.3 Å². The van der Waals surface area contributed by atoms with Gasteiger partial charge in [-0.05, 0) is 65.9 Å². The lowest BCUT2D eigenvalue weighted by atomic mass is 9.99. The van der Waals surface area contributed by atoms with E-state index >= 15 is 0 Å². The molecule has 0 bridgehead atoms. The molecule has 0 unspecified atom stereocenters. The predicted molar refractivity (Wildman–Crippen MR) is 92.5 cm³/mol. The van der Waals surface area contributed by atoms with Crippen molar-refractivity contribution in [3.05, 3.63) is 62.0 Å². The van der Waals surface area contributed by atoms with Crippen LogP contribution in [0.4, 0.5) is 4.39 Å². The fourth-order valence-electron chi connectivity index (χ4n) is 2.18. The first-order valence-corrected chi connectivity index (χ1v) is 8.11. The molecule has 1 aromatic heterocycles. The molecular weight excluding hydrogens is 448 g/mol. The molecule has 2 nitrogen and oxygen atoms in total. The Balaban J connectivity index is 2.19. The minimum atomic E-state index is -0.272. The van der Waals surface area contributed by atoms with Crippen molar-refractivity contribution in [3.63, 3.8) is 0 Å². The van der Waals surface area contributed by atoms with E-state index in [1.165, 1.54) is 6.07 Å². The molecule has 2 aromatic carbocycles. The van der Waals surface area contributed by atoms with Crippen molar-refractivity contribution in [1.29, 1.82) is 0 Å². The van der Waals surface area contributed by atoms with Crippen LogP contribution in [-0.2, 0) is 0 Å². The second-order valence-corrected chi connectivity index (χ2v) is 6.76. The maximum absolute atomic E-state index is 14.3. The van der Waals surface area contributed by atoms with Gasteiger partial charge < -0.3 is 4.52 Å². The minimum absolute atomic E-state index is 0.272. The highest BCUT2D eigenvalue weighted by Crippen LogP contribution is 2.36. The van der Waals surface area contributed by atoms with Gasteiger partial charge in [-0.25, -0.2) is 4.39 Å². The number of halogens is 3. The number of hydrogen-bond acceptors (Lipinski definition) is 2. The lowest BCUT2D eigenvalue weighted by Gasteiger charge is -2.05. The molecule has 0 amide bonds. The van der Waals surface area contributed by atoms with Crippen LogP contribution in [0.5, 0.6) is 0 Å². The van der Waals surface area contributed by atoms with Gasteiger partial charge in [-0.15, -0.1) is 0 Å². The standard InChI is InChI=1S/C16H10BrFINO/c1-9-15(13-7-6-12(19)8-14(13)18)16(21-20-9)10-2-4-11(17)5-3-10/h2-8H,1H3. The van der Waals surface area contributed by atoms with E-state index in [4.69, 9.17) is 4.52 Å². The number of benzene rings is 2. The maximum Gasteiger partial charge on any atom is 0.175 e. The fourth-order valence-corrected chi connectivity index (χ4v) is 2.89. The molecule has 0 saturated heterocycles. The van der Waals surface area contributed by atoms with Crippen LogP contribution in [0.15, 0.2) is 51.5 Å². The lowest BCUT2D eigenvalue weighted by Crippen LogP contribution is -1.89. The van der Waals surface area contributed by atoms with E-state index in [2.05, 4.69) is 43.7 Å². The van der Waals surface area contributed by atoms with E-state index in [1.54, 1.807) is 6.07 Å². The Morgan fingerprint density at radius 3 is 2.52 bits per heavy atom. The molecule has 0 radical (unpaired) electrons. The summed E-state index contributed by atoms with van der Waals surface area (Å²) in [5, 5.41) is 4.00. The molecule has 1 heterocycles. The van der Waals surface area contributed by atoms with Gasteiger partial charge in [0, 0.05) is 19.2 Å². The van der Waals surface area contributed by atoms with Crippen molar-refractivity contribution in [2.75, 3.05) is 0 Å². The normalized spacial score (nSPS) is 10.9. The van der Waals surface area contributed by atoms with E-state index in [9.17, 15) is 4.39 Å². The first kappa shape index (κ1) is 14.7. The van der Waals surface area contributed by atoms with Gasteiger partial charge in [0.25, 0.3) is 0 Å². The Labute approximate surface area is 143 Å². The zero-order valence-electron chi connectivity index (χ0n) is 11.0. The highest BCUT2D eigenvalue weighted by Gasteiger charge is 2.19. The molecule has 0 N–H and O–H groups in total. The van der Waals surface area contributed by atoms with Crippen LogP contribution in [0.25, 0.3) is 22.5 Å². The molecule has 0 aliphatic rings. The van der Waals surface area contributed by atoms with Crippen LogP contribution < -0.4 is 0 Å². The van der Waals surface area contributed by atoms with Gasteiger partial charge in [0.1, 0.15) is 5.82 Å². The number of nitrogens with zero attached hydrogens (tertiary/aromatic N) is 1. The van der Waals surface area contributed by atoms with Crippen LogP contribution in [-0.4, -0.2) is 5.16 Å². The Morgan fingerprint density at radius 2 is 1.86 bits per heavy atom. The van der Waals surface area contributed by atoms with E-state index in [1.807, 2.05) is 37.3 Å². The van der Waals surface area contributed by atoms with Crippen molar-refractivity contribution < 1.29 is 8.91 Å². The van der Waals surface area contributed by atoms with Crippen molar-refractivity contribution >= 4 is 38.5 Å². The summed E-state index contributed by atoms with van der Waals surface area (Å²) in [7, 11) is 0.